The highest BCUT2D eigenvalue weighted by Crippen LogP contribution is 2.19. The van der Waals surface area contributed by atoms with Gasteiger partial charge in [0.1, 0.15) is 5.56 Å². The van der Waals surface area contributed by atoms with Crippen LogP contribution in [0.4, 0.5) is 11.4 Å². The topological polar surface area (TPSA) is 89.4 Å². The van der Waals surface area contributed by atoms with Gasteiger partial charge in [-0.1, -0.05) is 11.8 Å². The van der Waals surface area contributed by atoms with Crippen LogP contribution < -0.4 is 5.73 Å². The van der Waals surface area contributed by atoms with Crippen LogP contribution in [0.3, 0.4) is 0 Å². The zero-order valence-electron chi connectivity index (χ0n) is 7.93. The molecule has 0 radical (unpaired) electrons. The summed E-state index contributed by atoms with van der Waals surface area (Å²) in [5, 5.41) is 19.1. The van der Waals surface area contributed by atoms with Crippen molar-refractivity contribution in [1.82, 2.24) is 0 Å². The number of aliphatic hydroxyl groups excluding tert-OH is 1. The molecule has 0 atom stereocenters. The summed E-state index contributed by atoms with van der Waals surface area (Å²) in [5.41, 5.74) is 6.11. The SMILES string of the molecule is Nc1ccc([N+](=O)[O-])c(C#CCCO)c1. The molecule has 0 bridgehead atoms. The van der Waals surface area contributed by atoms with E-state index in [0.717, 1.165) is 0 Å². The van der Waals surface area contributed by atoms with Crippen molar-refractivity contribution >= 4 is 11.4 Å². The van der Waals surface area contributed by atoms with Gasteiger partial charge in [0.2, 0.25) is 0 Å². The predicted octanol–water partition coefficient (Wildman–Crippen LogP) is 0.911. The van der Waals surface area contributed by atoms with Crippen molar-refractivity contribution in [2.45, 2.75) is 6.42 Å². The van der Waals surface area contributed by atoms with Gasteiger partial charge < -0.3 is 10.8 Å². The summed E-state index contributed by atoms with van der Waals surface area (Å²) in [6.07, 6.45) is 0.284. The molecule has 0 aliphatic rings. The van der Waals surface area contributed by atoms with Crippen molar-refractivity contribution in [1.29, 1.82) is 0 Å². The highest BCUT2D eigenvalue weighted by Gasteiger charge is 2.11. The lowest BCUT2D eigenvalue weighted by atomic mass is 10.1. The van der Waals surface area contributed by atoms with E-state index in [1.54, 1.807) is 0 Å². The molecule has 0 heterocycles. The fraction of sp³-hybridized carbons (Fsp3) is 0.200. The van der Waals surface area contributed by atoms with Crippen LogP contribution in [0.1, 0.15) is 12.0 Å². The Morgan fingerprint density at radius 2 is 2.27 bits per heavy atom. The monoisotopic (exact) mass is 206 g/mol. The number of nitro groups is 1. The Hall–Kier alpha value is -2.06. The Morgan fingerprint density at radius 3 is 2.87 bits per heavy atom. The molecular formula is C10H10N2O3. The molecule has 0 aliphatic carbocycles. The zero-order valence-corrected chi connectivity index (χ0v) is 7.93. The third kappa shape index (κ3) is 2.97. The largest absolute Gasteiger partial charge is 0.399 e. The Bertz CT molecular complexity index is 432. The molecule has 1 rings (SSSR count). The summed E-state index contributed by atoms with van der Waals surface area (Å²) in [5.74, 6) is 5.22. The average Bonchev–Trinajstić information content (AvgIpc) is 2.18. The molecule has 0 fully saturated rings. The molecule has 15 heavy (non-hydrogen) atoms. The van der Waals surface area contributed by atoms with E-state index in [9.17, 15) is 10.1 Å². The van der Waals surface area contributed by atoms with Crippen LogP contribution >= 0.6 is 0 Å². The lowest BCUT2D eigenvalue weighted by Crippen LogP contribution is -1.94. The maximum Gasteiger partial charge on any atom is 0.285 e. The van der Waals surface area contributed by atoms with Crippen molar-refractivity contribution in [2.75, 3.05) is 12.3 Å². The predicted molar refractivity (Wildman–Crippen MR) is 56.1 cm³/mol. The Kier molecular flexibility index (Phi) is 3.66. The van der Waals surface area contributed by atoms with E-state index in [1.807, 2.05) is 0 Å². The molecule has 0 saturated carbocycles. The van der Waals surface area contributed by atoms with Crippen LogP contribution in [0, 0.1) is 22.0 Å². The van der Waals surface area contributed by atoms with Gasteiger partial charge in [0.05, 0.1) is 11.5 Å². The van der Waals surface area contributed by atoms with Gasteiger partial charge in [-0.05, 0) is 12.1 Å². The normalized spacial score (nSPS) is 9.13. The fourth-order valence-electron chi connectivity index (χ4n) is 1.03. The zero-order chi connectivity index (χ0) is 11.3. The summed E-state index contributed by atoms with van der Waals surface area (Å²) in [7, 11) is 0. The number of anilines is 1. The van der Waals surface area contributed by atoms with Crippen LogP contribution in [0.15, 0.2) is 18.2 Å². The smallest absolute Gasteiger partial charge is 0.285 e. The number of benzene rings is 1. The molecule has 78 valence electrons. The van der Waals surface area contributed by atoms with E-state index in [1.165, 1.54) is 18.2 Å². The molecule has 0 aromatic heterocycles. The number of hydrogen-bond acceptors (Lipinski definition) is 4. The van der Waals surface area contributed by atoms with Gasteiger partial charge in [-0.2, -0.15) is 0 Å². The summed E-state index contributed by atoms with van der Waals surface area (Å²) in [6.45, 7) is -0.0664. The maximum absolute atomic E-state index is 10.6. The first-order valence-electron chi connectivity index (χ1n) is 4.29. The van der Waals surface area contributed by atoms with Gasteiger partial charge in [0, 0.05) is 18.2 Å². The van der Waals surface area contributed by atoms with Crippen molar-refractivity contribution in [3.63, 3.8) is 0 Å². The molecule has 0 aliphatic heterocycles. The van der Waals surface area contributed by atoms with Crippen LogP contribution in [-0.2, 0) is 0 Å². The molecule has 5 heteroatoms. The lowest BCUT2D eigenvalue weighted by Gasteiger charge is -1.96. The van der Waals surface area contributed by atoms with Crippen molar-refractivity contribution in [3.8, 4) is 11.8 Å². The minimum absolute atomic E-state index is 0.0664. The van der Waals surface area contributed by atoms with Gasteiger partial charge >= 0.3 is 0 Å². The molecule has 0 spiro atoms. The third-order valence-electron chi connectivity index (χ3n) is 1.68. The third-order valence-corrected chi connectivity index (χ3v) is 1.68. The van der Waals surface area contributed by atoms with E-state index in [2.05, 4.69) is 11.8 Å². The number of nitrogen functional groups attached to an aromatic ring is 1. The number of nitrogens with two attached hydrogens (primary N) is 1. The Morgan fingerprint density at radius 1 is 1.53 bits per heavy atom. The van der Waals surface area contributed by atoms with Gasteiger partial charge in [0.25, 0.3) is 5.69 Å². The summed E-state index contributed by atoms with van der Waals surface area (Å²) in [4.78, 5) is 10.1. The molecule has 0 saturated heterocycles. The van der Waals surface area contributed by atoms with Crippen LogP contribution in [0.5, 0.6) is 0 Å². The number of aliphatic hydroxyl groups is 1. The minimum atomic E-state index is -0.512. The van der Waals surface area contributed by atoms with Gasteiger partial charge in [-0.15, -0.1) is 0 Å². The highest BCUT2D eigenvalue weighted by molar-refractivity contribution is 5.58. The van der Waals surface area contributed by atoms with Crippen molar-refractivity contribution in [2.24, 2.45) is 0 Å². The molecule has 5 nitrogen and oxygen atoms in total. The second kappa shape index (κ2) is 4.98. The molecule has 0 unspecified atom stereocenters. The van der Waals surface area contributed by atoms with Gasteiger partial charge in [-0.25, -0.2) is 0 Å². The van der Waals surface area contributed by atoms with Gasteiger partial charge in [-0.3, -0.25) is 10.1 Å². The molecule has 3 N–H and O–H groups in total. The van der Waals surface area contributed by atoms with Gasteiger partial charge in [0.15, 0.2) is 0 Å². The summed E-state index contributed by atoms with van der Waals surface area (Å²) < 4.78 is 0. The Balaban J connectivity index is 3.09. The standard InChI is InChI=1S/C10H10N2O3/c11-9-4-5-10(12(14)15)8(7-9)3-1-2-6-13/h4-5,7,13H,2,6,11H2. The van der Waals surface area contributed by atoms with E-state index < -0.39 is 4.92 Å². The van der Waals surface area contributed by atoms with Crippen molar-refractivity contribution < 1.29 is 10.0 Å². The number of nitro benzene ring substituents is 1. The molecule has 1 aromatic carbocycles. The molecular weight excluding hydrogens is 196 g/mol. The number of rotatable bonds is 2. The first-order chi connectivity index (χ1) is 7.15. The highest BCUT2D eigenvalue weighted by atomic mass is 16.6. The van der Waals surface area contributed by atoms with Crippen LogP contribution in [0.2, 0.25) is 0 Å². The first-order valence-corrected chi connectivity index (χ1v) is 4.29. The molecule has 0 amide bonds. The van der Waals surface area contributed by atoms with Crippen LogP contribution in [-0.4, -0.2) is 16.6 Å². The van der Waals surface area contributed by atoms with E-state index in [-0.39, 0.29) is 24.3 Å². The minimum Gasteiger partial charge on any atom is -0.399 e. The van der Waals surface area contributed by atoms with Crippen molar-refractivity contribution in [3.05, 3.63) is 33.9 Å². The summed E-state index contributed by atoms with van der Waals surface area (Å²) in [6, 6.07) is 4.22. The average molecular weight is 206 g/mol. The first kappa shape index (κ1) is 11.0. The quantitative estimate of drug-likeness (QED) is 0.326. The van der Waals surface area contributed by atoms with E-state index >= 15 is 0 Å². The lowest BCUT2D eigenvalue weighted by molar-refractivity contribution is -0.385. The second-order valence-electron chi connectivity index (χ2n) is 2.81. The fourth-order valence-corrected chi connectivity index (χ4v) is 1.03. The van der Waals surface area contributed by atoms with Crippen LogP contribution in [0.25, 0.3) is 0 Å². The molecule has 1 aromatic rings. The second-order valence-corrected chi connectivity index (χ2v) is 2.81. The van der Waals surface area contributed by atoms with E-state index in [0.29, 0.717) is 5.69 Å². The number of nitrogens with zero attached hydrogens (tertiary/aromatic N) is 1. The van der Waals surface area contributed by atoms with E-state index in [4.69, 9.17) is 10.8 Å². The maximum atomic E-state index is 10.6. The number of hydrogen-bond donors (Lipinski definition) is 2. The summed E-state index contributed by atoms with van der Waals surface area (Å²) >= 11 is 0. The Labute approximate surface area is 86.7 Å².